The third-order valence-corrected chi connectivity index (χ3v) is 2.59. The van der Waals surface area contributed by atoms with Crippen LogP contribution in [-0.4, -0.2) is 24.9 Å². The van der Waals surface area contributed by atoms with E-state index in [0.717, 1.165) is 16.5 Å². The molecule has 0 aliphatic carbocycles. The number of hydrogen-bond donors (Lipinski definition) is 1. The lowest BCUT2D eigenvalue weighted by atomic mass is 10.1. The highest BCUT2D eigenvalue weighted by molar-refractivity contribution is 5.80. The van der Waals surface area contributed by atoms with E-state index in [2.05, 4.69) is 15.1 Å². The van der Waals surface area contributed by atoms with Crippen molar-refractivity contribution in [1.82, 2.24) is 19.7 Å². The molecule has 2 aromatic heterocycles. The number of para-hydroxylation sites is 1. The Bertz CT molecular complexity index is 649. The molecule has 0 saturated carbocycles. The maximum atomic E-state index is 9.38. The molecule has 0 unspecified atom stereocenters. The van der Waals surface area contributed by atoms with Gasteiger partial charge in [-0.05, 0) is 12.1 Å². The number of pyridine rings is 1. The van der Waals surface area contributed by atoms with E-state index in [1.165, 1.54) is 6.33 Å². The van der Waals surface area contributed by atoms with Gasteiger partial charge >= 0.3 is 0 Å². The first-order chi connectivity index (χ1) is 8.38. The summed E-state index contributed by atoms with van der Waals surface area (Å²) in [5.74, 6) is 0.615. The van der Waals surface area contributed by atoms with Crippen LogP contribution in [0.3, 0.4) is 0 Å². The van der Waals surface area contributed by atoms with Gasteiger partial charge in [0.1, 0.15) is 12.7 Å². The molecule has 0 atom stereocenters. The van der Waals surface area contributed by atoms with Crippen LogP contribution in [-0.2, 0) is 6.61 Å². The first kappa shape index (κ1) is 9.92. The Morgan fingerprint density at radius 3 is 2.88 bits per heavy atom. The van der Waals surface area contributed by atoms with Crippen LogP contribution >= 0.6 is 0 Å². The van der Waals surface area contributed by atoms with E-state index in [0.29, 0.717) is 5.82 Å². The molecule has 17 heavy (non-hydrogen) atoms. The molecule has 0 fully saturated rings. The average Bonchev–Trinajstić information content (AvgIpc) is 2.91. The number of aromatic nitrogens is 4. The topological polar surface area (TPSA) is 63.8 Å². The highest BCUT2D eigenvalue weighted by atomic mass is 16.3. The van der Waals surface area contributed by atoms with Crippen molar-refractivity contribution in [3.63, 3.8) is 0 Å². The van der Waals surface area contributed by atoms with Crippen LogP contribution in [0.4, 0.5) is 0 Å². The lowest BCUT2D eigenvalue weighted by molar-refractivity contribution is 0.281. The molecule has 84 valence electrons. The van der Waals surface area contributed by atoms with E-state index < -0.39 is 0 Å². The normalized spacial score (nSPS) is 10.9. The fraction of sp³-hybridized carbons (Fsp3) is 0.0833. The van der Waals surface area contributed by atoms with Gasteiger partial charge in [-0.3, -0.25) is 0 Å². The molecule has 0 bridgehead atoms. The molecular formula is C12H10N4O. The van der Waals surface area contributed by atoms with Gasteiger partial charge in [0.15, 0.2) is 5.82 Å². The van der Waals surface area contributed by atoms with Gasteiger partial charge in [0, 0.05) is 10.9 Å². The molecule has 0 spiro atoms. The minimum atomic E-state index is -0.0764. The van der Waals surface area contributed by atoms with E-state index in [1.54, 1.807) is 11.0 Å². The molecule has 5 heteroatoms. The number of benzene rings is 1. The number of aliphatic hydroxyl groups excluding tert-OH is 1. The molecule has 1 N–H and O–H groups in total. The summed E-state index contributed by atoms with van der Waals surface area (Å²) in [7, 11) is 0. The first-order valence-electron chi connectivity index (χ1n) is 5.23. The van der Waals surface area contributed by atoms with Gasteiger partial charge in [-0.2, -0.15) is 5.10 Å². The van der Waals surface area contributed by atoms with Gasteiger partial charge in [-0.25, -0.2) is 14.6 Å². The van der Waals surface area contributed by atoms with E-state index in [9.17, 15) is 5.11 Å². The highest BCUT2D eigenvalue weighted by Gasteiger charge is 2.08. The van der Waals surface area contributed by atoms with Gasteiger partial charge in [0.25, 0.3) is 0 Å². The number of nitrogens with zero attached hydrogens (tertiary/aromatic N) is 4. The number of fused-ring (bicyclic) bond motifs is 1. The van der Waals surface area contributed by atoms with Gasteiger partial charge in [0.05, 0.1) is 12.1 Å². The Morgan fingerprint density at radius 2 is 2.12 bits per heavy atom. The molecule has 0 aliphatic heterocycles. The van der Waals surface area contributed by atoms with Crippen molar-refractivity contribution < 1.29 is 5.11 Å². The fourth-order valence-electron chi connectivity index (χ4n) is 1.78. The van der Waals surface area contributed by atoms with Crippen molar-refractivity contribution >= 4 is 10.9 Å². The van der Waals surface area contributed by atoms with E-state index in [1.807, 2.05) is 30.3 Å². The van der Waals surface area contributed by atoms with E-state index in [-0.39, 0.29) is 6.61 Å². The first-order valence-corrected chi connectivity index (χ1v) is 5.23. The van der Waals surface area contributed by atoms with Crippen LogP contribution < -0.4 is 0 Å². The third-order valence-electron chi connectivity index (χ3n) is 2.59. The van der Waals surface area contributed by atoms with Crippen LogP contribution in [0.25, 0.3) is 16.7 Å². The number of hydrogen-bond acceptors (Lipinski definition) is 4. The van der Waals surface area contributed by atoms with Crippen LogP contribution in [0.1, 0.15) is 5.56 Å². The Kier molecular flexibility index (Phi) is 2.31. The maximum absolute atomic E-state index is 9.38. The summed E-state index contributed by atoms with van der Waals surface area (Å²) >= 11 is 0. The Balaban J connectivity index is 2.29. The molecule has 0 aliphatic rings. The number of aliphatic hydroxyl groups is 1. The molecule has 0 radical (unpaired) electrons. The second kappa shape index (κ2) is 3.95. The zero-order valence-electron chi connectivity index (χ0n) is 8.98. The van der Waals surface area contributed by atoms with Gasteiger partial charge < -0.3 is 5.11 Å². The maximum Gasteiger partial charge on any atom is 0.161 e. The van der Waals surface area contributed by atoms with Crippen molar-refractivity contribution in [2.24, 2.45) is 0 Å². The molecule has 0 saturated heterocycles. The van der Waals surface area contributed by atoms with Crippen LogP contribution in [0.15, 0.2) is 43.0 Å². The standard InChI is InChI=1S/C12H10N4O/c17-6-10-5-9-3-1-2-4-11(9)15-12(10)16-8-13-7-14-16/h1-5,7-8,17H,6H2. The summed E-state index contributed by atoms with van der Waals surface area (Å²) in [5, 5.41) is 14.4. The number of rotatable bonds is 2. The zero-order valence-corrected chi connectivity index (χ0v) is 8.98. The molecular weight excluding hydrogens is 216 g/mol. The average molecular weight is 226 g/mol. The summed E-state index contributed by atoms with van der Waals surface area (Å²) < 4.78 is 1.55. The van der Waals surface area contributed by atoms with E-state index in [4.69, 9.17) is 0 Å². The highest BCUT2D eigenvalue weighted by Crippen LogP contribution is 2.18. The molecule has 1 aromatic carbocycles. The minimum Gasteiger partial charge on any atom is -0.392 e. The largest absolute Gasteiger partial charge is 0.392 e. The molecule has 3 aromatic rings. The summed E-state index contributed by atoms with van der Waals surface area (Å²) in [6.45, 7) is -0.0764. The second-order valence-corrected chi connectivity index (χ2v) is 3.66. The van der Waals surface area contributed by atoms with Gasteiger partial charge in [-0.15, -0.1) is 0 Å². The van der Waals surface area contributed by atoms with Crippen molar-refractivity contribution in [2.45, 2.75) is 6.61 Å². The molecule has 2 heterocycles. The molecule has 3 rings (SSSR count). The third kappa shape index (κ3) is 1.66. The lowest BCUT2D eigenvalue weighted by Gasteiger charge is -2.07. The van der Waals surface area contributed by atoms with E-state index >= 15 is 0 Å². The van der Waals surface area contributed by atoms with Crippen molar-refractivity contribution in [1.29, 1.82) is 0 Å². The lowest BCUT2D eigenvalue weighted by Crippen LogP contribution is -2.03. The van der Waals surface area contributed by atoms with Crippen molar-refractivity contribution in [3.05, 3.63) is 48.5 Å². The Hall–Kier alpha value is -2.27. The van der Waals surface area contributed by atoms with Crippen molar-refractivity contribution in [3.8, 4) is 5.82 Å². The predicted octanol–water partition coefficient (Wildman–Crippen LogP) is 1.31. The Labute approximate surface area is 97.4 Å². The zero-order chi connectivity index (χ0) is 11.7. The SMILES string of the molecule is OCc1cc2ccccc2nc1-n1cncn1. The quantitative estimate of drug-likeness (QED) is 0.715. The summed E-state index contributed by atoms with van der Waals surface area (Å²) in [6.07, 6.45) is 3.01. The van der Waals surface area contributed by atoms with Gasteiger partial charge in [0.2, 0.25) is 0 Å². The summed E-state index contributed by atoms with van der Waals surface area (Å²) in [4.78, 5) is 8.37. The summed E-state index contributed by atoms with van der Waals surface area (Å²) in [5.41, 5.74) is 1.60. The van der Waals surface area contributed by atoms with Crippen molar-refractivity contribution in [2.75, 3.05) is 0 Å². The van der Waals surface area contributed by atoms with Crippen LogP contribution in [0, 0.1) is 0 Å². The summed E-state index contributed by atoms with van der Waals surface area (Å²) in [6, 6.07) is 9.68. The molecule has 0 amide bonds. The minimum absolute atomic E-state index is 0.0764. The second-order valence-electron chi connectivity index (χ2n) is 3.66. The fourth-order valence-corrected chi connectivity index (χ4v) is 1.78. The Morgan fingerprint density at radius 1 is 1.24 bits per heavy atom. The monoisotopic (exact) mass is 226 g/mol. The van der Waals surface area contributed by atoms with Crippen LogP contribution in [0.2, 0.25) is 0 Å². The predicted molar refractivity (Wildman–Crippen MR) is 62.6 cm³/mol. The molecule has 5 nitrogen and oxygen atoms in total. The smallest absolute Gasteiger partial charge is 0.161 e. The van der Waals surface area contributed by atoms with Crippen LogP contribution in [0.5, 0.6) is 0 Å². The van der Waals surface area contributed by atoms with Gasteiger partial charge in [-0.1, -0.05) is 18.2 Å².